The molecule has 10 heteroatoms. The van der Waals surface area contributed by atoms with E-state index >= 15 is 0 Å². The third-order valence-corrected chi connectivity index (χ3v) is 9.01. The highest BCUT2D eigenvalue weighted by atomic mass is 32.2. The molecule has 0 spiro atoms. The quantitative estimate of drug-likeness (QED) is 0.276. The standard InChI is InChI=1S/C31H32F3N3O3S/c1-2-3-21-35-41(39,25-19-17-24(18-20-25)40-31(32,33)34)36-26-11-8-14-29(30(26)38)37-27-12-6-4-9-22(27)15-16-23-10-5-7-13-28(23)37/h4-7,9-14,17-20,30,38H,2-3,8,15-16,21H2,1H3,(H,35,36,39)/t30-,41?/m1/s1. The van der Waals surface area contributed by atoms with Crippen molar-refractivity contribution in [2.45, 2.75) is 56.4 Å². The van der Waals surface area contributed by atoms with Gasteiger partial charge in [-0.05, 0) is 73.2 Å². The number of aryl methyl sites for hydroxylation is 2. The number of hydrogen-bond donors (Lipinski definition) is 2. The highest BCUT2D eigenvalue weighted by Gasteiger charge is 2.33. The summed E-state index contributed by atoms with van der Waals surface area (Å²) < 4.78 is 63.7. The van der Waals surface area contributed by atoms with Crippen molar-refractivity contribution in [3.05, 3.63) is 107 Å². The lowest BCUT2D eigenvalue weighted by Crippen LogP contribution is -2.37. The molecule has 41 heavy (non-hydrogen) atoms. The van der Waals surface area contributed by atoms with E-state index in [0.717, 1.165) is 53.9 Å². The van der Waals surface area contributed by atoms with Crippen LogP contribution in [0.4, 0.5) is 24.5 Å². The summed E-state index contributed by atoms with van der Waals surface area (Å²) in [7, 11) is -3.35. The minimum atomic E-state index is -4.84. The lowest BCUT2D eigenvalue weighted by atomic mass is 10.0. The van der Waals surface area contributed by atoms with E-state index in [0.29, 0.717) is 24.2 Å². The summed E-state index contributed by atoms with van der Waals surface area (Å²) in [5, 5.41) is 11.7. The molecule has 1 heterocycles. The van der Waals surface area contributed by atoms with Gasteiger partial charge < -0.3 is 14.7 Å². The van der Waals surface area contributed by atoms with E-state index in [-0.39, 0.29) is 11.4 Å². The van der Waals surface area contributed by atoms with Gasteiger partial charge in [-0.25, -0.2) is 8.57 Å². The highest BCUT2D eigenvalue weighted by molar-refractivity contribution is 7.91. The topological polar surface area (TPSA) is 74.2 Å². The average molecular weight is 584 g/mol. The predicted octanol–water partition coefficient (Wildman–Crippen LogP) is 7.19. The van der Waals surface area contributed by atoms with Crippen LogP contribution in [-0.4, -0.2) is 28.3 Å². The number of aliphatic hydroxyl groups is 1. The lowest BCUT2D eigenvalue weighted by Gasteiger charge is -2.35. The Bertz CT molecular complexity index is 1530. The number of alkyl halides is 3. The van der Waals surface area contributed by atoms with Crippen molar-refractivity contribution in [1.82, 2.24) is 4.72 Å². The van der Waals surface area contributed by atoms with Gasteiger partial charge in [-0.3, -0.25) is 4.72 Å². The van der Waals surface area contributed by atoms with Crippen LogP contribution in [0.2, 0.25) is 0 Å². The van der Waals surface area contributed by atoms with E-state index in [1.807, 2.05) is 49.4 Å². The maximum atomic E-state index is 14.3. The number of rotatable bonds is 8. The van der Waals surface area contributed by atoms with Gasteiger partial charge in [0.1, 0.15) is 11.9 Å². The van der Waals surface area contributed by atoms with Crippen molar-refractivity contribution in [2.24, 2.45) is 4.36 Å². The first-order valence-electron chi connectivity index (χ1n) is 13.6. The predicted molar refractivity (Wildman–Crippen MR) is 154 cm³/mol. The zero-order valence-corrected chi connectivity index (χ0v) is 23.4. The van der Waals surface area contributed by atoms with Crippen molar-refractivity contribution in [3.63, 3.8) is 0 Å². The van der Waals surface area contributed by atoms with Crippen LogP contribution in [0, 0.1) is 0 Å². The Labute approximate surface area is 238 Å². The van der Waals surface area contributed by atoms with Crippen molar-refractivity contribution in [2.75, 3.05) is 11.4 Å². The SMILES string of the molecule is CCCCN=S(=O)(NC1=CCC=C(N2c3ccccc3CCc3ccccc32)[C@@H]1O)c1ccc(OC(F)(F)F)cc1. The van der Waals surface area contributed by atoms with E-state index in [2.05, 4.69) is 30.9 Å². The van der Waals surface area contributed by atoms with Crippen molar-refractivity contribution < 1.29 is 27.2 Å². The normalized spacial score (nSPS) is 18.2. The van der Waals surface area contributed by atoms with Crippen LogP contribution in [-0.2, 0) is 22.8 Å². The molecule has 0 aromatic heterocycles. The monoisotopic (exact) mass is 583 g/mol. The van der Waals surface area contributed by atoms with Crippen LogP contribution >= 0.6 is 0 Å². The Morgan fingerprint density at radius 3 is 2.17 bits per heavy atom. The molecule has 0 saturated carbocycles. The van der Waals surface area contributed by atoms with Crippen LogP contribution < -0.4 is 14.4 Å². The van der Waals surface area contributed by atoms with Gasteiger partial charge in [0.2, 0.25) is 0 Å². The zero-order valence-electron chi connectivity index (χ0n) is 22.6. The van der Waals surface area contributed by atoms with Gasteiger partial charge in [0.15, 0.2) is 9.92 Å². The summed E-state index contributed by atoms with van der Waals surface area (Å²) in [6, 6.07) is 21.0. The van der Waals surface area contributed by atoms with E-state index in [1.54, 1.807) is 6.08 Å². The molecule has 1 unspecified atom stereocenters. The second kappa shape index (κ2) is 12.0. The molecule has 0 radical (unpaired) electrons. The van der Waals surface area contributed by atoms with Crippen molar-refractivity contribution >= 4 is 21.3 Å². The number of anilines is 2. The number of ether oxygens (including phenoxy) is 1. The second-order valence-corrected chi connectivity index (χ2v) is 11.9. The molecule has 1 aliphatic heterocycles. The highest BCUT2D eigenvalue weighted by Crippen LogP contribution is 2.41. The summed E-state index contributed by atoms with van der Waals surface area (Å²) in [5.41, 5.74) is 5.19. The Hall–Kier alpha value is -3.76. The first kappa shape index (κ1) is 28.8. The number of nitrogens with zero attached hydrogens (tertiary/aromatic N) is 2. The number of nitrogens with one attached hydrogen (secondary N) is 1. The number of halogens is 3. The molecule has 216 valence electrons. The maximum absolute atomic E-state index is 14.3. The van der Waals surface area contributed by atoms with Gasteiger partial charge >= 0.3 is 6.36 Å². The minimum absolute atomic E-state index is 0.192. The fraction of sp³-hybridized carbons (Fsp3) is 0.290. The molecule has 2 aliphatic rings. The van der Waals surface area contributed by atoms with E-state index in [1.165, 1.54) is 12.1 Å². The van der Waals surface area contributed by atoms with Crippen molar-refractivity contribution in [3.8, 4) is 5.75 Å². The molecule has 3 aromatic rings. The maximum Gasteiger partial charge on any atom is 0.573 e. The number of hydrogen-bond acceptors (Lipinski definition) is 5. The number of fused-ring (bicyclic) bond motifs is 2. The molecular formula is C31H32F3N3O3S. The third-order valence-electron chi connectivity index (χ3n) is 7.04. The molecule has 2 N–H and O–H groups in total. The molecule has 1 aliphatic carbocycles. The van der Waals surface area contributed by atoms with Gasteiger partial charge in [0.25, 0.3) is 0 Å². The third kappa shape index (κ3) is 6.44. The summed E-state index contributed by atoms with van der Waals surface area (Å²) in [4.78, 5) is 2.26. The molecule has 0 bridgehead atoms. The molecule has 0 saturated heterocycles. The second-order valence-electron chi connectivity index (χ2n) is 9.87. The average Bonchev–Trinajstić information content (AvgIpc) is 3.11. The molecule has 5 rings (SSSR count). The molecule has 0 amide bonds. The minimum Gasteiger partial charge on any atom is -0.406 e. The van der Waals surface area contributed by atoms with Crippen molar-refractivity contribution in [1.29, 1.82) is 0 Å². The number of para-hydroxylation sites is 2. The fourth-order valence-electron chi connectivity index (χ4n) is 5.06. The fourth-order valence-corrected chi connectivity index (χ4v) is 6.80. The van der Waals surface area contributed by atoms with Gasteiger partial charge in [0, 0.05) is 11.4 Å². The number of aliphatic hydroxyl groups excluding tert-OH is 1. The lowest BCUT2D eigenvalue weighted by molar-refractivity contribution is -0.274. The van der Waals surface area contributed by atoms with Crippen LogP contribution in [0.15, 0.2) is 106 Å². The summed E-state index contributed by atoms with van der Waals surface area (Å²) in [5.74, 6) is -0.419. The van der Waals surface area contributed by atoms with Gasteiger partial charge in [-0.15, -0.1) is 13.2 Å². The van der Waals surface area contributed by atoms with Crippen LogP contribution in [0.5, 0.6) is 5.75 Å². The molecule has 3 aromatic carbocycles. The van der Waals surface area contributed by atoms with Gasteiger partial charge in [0.05, 0.1) is 22.8 Å². The Kier molecular flexibility index (Phi) is 8.42. The number of unbranched alkanes of at least 4 members (excludes halogenated alkanes) is 1. The summed E-state index contributed by atoms with van der Waals surface area (Å²) in [6.45, 7) is 2.26. The van der Waals surface area contributed by atoms with E-state index in [4.69, 9.17) is 0 Å². The molecule has 0 fully saturated rings. The van der Waals surface area contributed by atoms with Crippen LogP contribution in [0.1, 0.15) is 37.3 Å². The number of allylic oxidation sites excluding steroid dienone is 2. The Morgan fingerprint density at radius 2 is 1.59 bits per heavy atom. The molecular weight excluding hydrogens is 551 g/mol. The largest absolute Gasteiger partial charge is 0.573 e. The number of benzene rings is 3. The first-order valence-corrected chi connectivity index (χ1v) is 15.1. The van der Waals surface area contributed by atoms with Crippen LogP contribution in [0.3, 0.4) is 0 Å². The van der Waals surface area contributed by atoms with Gasteiger partial charge in [-0.1, -0.05) is 61.9 Å². The molecule has 2 atom stereocenters. The molecule has 6 nitrogen and oxygen atoms in total. The smallest absolute Gasteiger partial charge is 0.406 e. The Balaban J connectivity index is 1.49. The first-order chi connectivity index (χ1) is 19.7. The van der Waals surface area contributed by atoms with E-state index < -0.39 is 28.1 Å². The summed E-state index contributed by atoms with van der Waals surface area (Å²) >= 11 is 0. The summed E-state index contributed by atoms with van der Waals surface area (Å²) in [6.07, 6.45) is 1.41. The Morgan fingerprint density at radius 1 is 0.976 bits per heavy atom. The zero-order chi connectivity index (χ0) is 29.0. The van der Waals surface area contributed by atoms with Crippen LogP contribution in [0.25, 0.3) is 0 Å². The van der Waals surface area contributed by atoms with Gasteiger partial charge in [-0.2, -0.15) is 0 Å². The van der Waals surface area contributed by atoms with E-state index in [9.17, 15) is 22.5 Å².